The molecule has 1 aliphatic rings. The predicted octanol–water partition coefficient (Wildman–Crippen LogP) is 2.30. The van der Waals surface area contributed by atoms with Crippen molar-refractivity contribution in [3.8, 4) is 5.75 Å². The molecule has 1 fully saturated rings. The third-order valence-corrected chi connectivity index (χ3v) is 4.00. The molecule has 106 valence electrons. The molecule has 19 heavy (non-hydrogen) atoms. The molecule has 0 radical (unpaired) electrons. The largest absolute Gasteiger partial charge is 0.497 e. The molecule has 0 aliphatic carbocycles. The summed E-state index contributed by atoms with van der Waals surface area (Å²) >= 11 is 3.41. The maximum absolute atomic E-state index is 12.4. The smallest absolute Gasteiger partial charge is 0.255 e. The Kier molecular flexibility index (Phi) is 6.10. The number of hydrogen-bond acceptors (Lipinski definition) is 3. The quantitative estimate of drug-likeness (QED) is 0.911. The van der Waals surface area contributed by atoms with Gasteiger partial charge in [-0.2, -0.15) is 0 Å². The molecule has 1 aliphatic heterocycles. The Bertz CT molecular complexity index is 456. The minimum absolute atomic E-state index is 0. The molecular formula is C13H18BrClN2O2. The number of amides is 1. The van der Waals surface area contributed by atoms with Gasteiger partial charge in [0.15, 0.2) is 0 Å². The molecule has 0 saturated carbocycles. The highest BCUT2D eigenvalue weighted by Crippen LogP contribution is 2.26. The van der Waals surface area contributed by atoms with E-state index < -0.39 is 0 Å². The van der Waals surface area contributed by atoms with Crippen LogP contribution in [0, 0.1) is 5.92 Å². The second-order valence-corrected chi connectivity index (χ2v) is 5.34. The molecule has 1 saturated heterocycles. The lowest BCUT2D eigenvalue weighted by Crippen LogP contribution is -2.30. The van der Waals surface area contributed by atoms with Gasteiger partial charge in [-0.15, -0.1) is 12.4 Å². The molecule has 1 atom stereocenters. The zero-order chi connectivity index (χ0) is 13.1. The summed E-state index contributed by atoms with van der Waals surface area (Å²) in [6.45, 7) is 2.17. The molecule has 1 heterocycles. The normalized spacial score (nSPS) is 18.1. The average molecular weight is 350 g/mol. The van der Waals surface area contributed by atoms with Crippen LogP contribution in [-0.2, 0) is 0 Å². The first-order valence-corrected chi connectivity index (χ1v) is 6.78. The number of methoxy groups -OCH3 is 1. The van der Waals surface area contributed by atoms with E-state index in [0.717, 1.165) is 24.0 Å². The molecule has 1 unspecified atom stereocenters. The molecule has 1 aromatic rings. The Labute approximate surface area is 127 Å². The number of hydrogen-bond donors (Lipinski definition) is 1. The summed E-state index contributed by atoms with van der Waals surface area (Å²) in [6, 6.07) is 5.43. The van der Waals surface area contributed by atoms with Crippen LogP contribution in [0.15, 0.2) is 22.7 Å². The molecule has 2 rings (SSSR count). The van der Waals surface area contributed by atoms with Crippen molar-refractivity contribution in [2.24, 2.45) is 11.7 Å². The molecule has 1 aromatic carbocycles. The van der Waals surface area contributed by atoms with E-state index >= 15 is 0 Å². The summed E-state index contributed by atoms with van der Waals surface area (Å²) in [6.07, 6.45) is 0.990. The van der Waals surface area contributed by atoms with Crippen LogP contribution in [0.4, 0.5) is 0 Å². The molecular weight excluding hydrogens is 332 g/mol. The van der Waals surface area contributed by atoms with Gasteiger partial charge in [0.25, 0.3) is 5.91 Å². The lowest BCUT2D eigenvalue weighted by atomic mass is 10.1. The number of ether oxygens (including phenoxy) is 1. The van der Waals surface area contributed by atoms with Crippen LogP contribution >= 0.6 is 28.3 Å². The van der Waals surface area contributed by atoms with Gasteiger partial charge in [-0.3, -0.25) is 4.79 Å². The number of likely N-dealkylation sites (tertiary alicyclic amines) is 1. The van der Waals surface area contributed by atoms with E-state index in [1.54, 1.807) is 13.2 Å². The molecule has 2 N–H and O–H groups in total. The Hall–Kier alpha value is -0.780. The molecule has 4 nitrogen and oxygen atoms in total. The maximum atomic E-state index is 12.4. The monoisotopic (exact) mass is 348 g/mol. The summed E-state index contributed by atoms with van der Waals surface area (Å²) in [5.41, 5.74) is 6.29. The Morgan fingerprint density at radius 2 is 2.32 bits per heavy atom. The predicted molar refractivity (Wildman–Crippen MR) is 81.0 cm³/mol. The van der Waals surface area contributed by atoms with Crippen molar-refractivity contribution in [3.63, 3.8) is 0 Å². The van der Waals surface area contributed by atoms with Crippen LogP contribution in [0.2, 0.25) is 0 Å². The fraction of sp³-hybridized carbons (Fsp3) is 0.462. The summed E-state index contributed by atoms with van der Waals surface area (Å²) in [7, 11) is 1.60. The van der Waals surface area contributed by atoms with Crippen molar-refractivity contribution in [2.75, 3.05) is 26.7 Å². The Morgan fingerprint density at radius 3 is 2.89 bits per heavy atom. The lowest BCUT2D eigenvalue weighted by Gasteiger charge is -2.17. The highest BCUT2D eigenvalue weighted by atomic mass is 79.9. The van der Waals surface area contributed by atoms with Gasteiger partial charge in [-0.05, 0) is 53.0 Å². The van der Waals surface area contributed by atoms with Gasteiger partial charge < -0.3 is 15.4 Å². The summed E-state index contributed by atoms with van der Waals surface area (Å²) in [5, 5.41) is 0. The number of nitrogens with two attached hydrogens (primary N) is 1. The summed E-state index contributed by atoms with van der Waals surface area (Å²) in [4.78, 5) is 14.3. The second kappa shape index (κ2) is 7.12. The van der Waals surface area contributed by atoms with E-state index in [1.165, 1.54) is 0 Å². The third kappa shape index (κ3) is 3.61. The first-order chi connectivity index (χ1) is 8.65. The van der Waals surface area contributed by atoms with Crippen molar-refractivity contribution >= 4 is 34.2 Å². The minimum atomic E-state index is 0. The maximum Gasteiger partial charge on any atom is 0.255 e. The number of nitrogens with zero attached hydrogens (tertiary/aromatic N) is 1. The Morgan fingerprint density at radius 1 is 1.58 bits per heavy atom. The van der Waals surface area contributed by atoms with E-state index in [9.17, 15) is 4.79 Å². The van der Waals surface area contributed by atoms with Gasteiger partial charge >= 0.3 is 0 Å². The van der Waals surface area contributed by atoms with Crippen LogP contribution in [-0.4, -0.2) is 37.6 Å². The SMILES string of the molecule is COc1ccc(Br)c(C(=O)N2CCC(CN)C2)c1.Cl. The van der Waals surface area contributed by atoms with E-state index in [-0.39, 0.29) is 18.3 Å². The highest BCUT2D eigenvalue weighted by Gasteiger charge is 2.27. The van der Waals surface area contributed by atoms with Crippen molar-refractivity contribution in [1.29, 1.82) is 0 Å². The first-order valence-electron chi connectivity index (χ1n) is 5.98. The number of carbonyl (C=O) groups excluding carboxylic acids is 1. The van der Waals surface area contributed by atoms with E-state index in [4.69, 9.17) is 10.5 Å². The van der Waals surface area contributed by atoms with Gasteiger partial charge in [0, 0.05) is 17.6 Å². The fourth-order valence-corrected chi connectivity index (χ4v) is 2.59. The van der Waals surface area contributed by atoms with Gasteiger partial charge in [-0.25, -0.2) is 0 Å². The number of halogens is 2. The van der Waals surface area contributed by atoms with E-state index in [0.29, 0.717) is 23.8 Å². The van der Waals surface area contributed by atoms with Crippen molar-refractivity contribution < 1.29 is 9.53 Å². The zero-order valence-corrected chi connectivity index (χ0v) is 13.2. The first kappa shape index (κ1) is 16.3. The van der Waals surface area contributed by atoms with Crippen LogP contribution in [0.1, 0.15) is 16.8 Å². The van der Waals surface area contributed by atoms with E-state index in [2.05, 4.69) is 15.9 Å². The summed E-state index contributed by atoms with van der Waals surface area (Å²) < 4.78 is 5.95. The number of rotatable bonds is 3. The fourth-order valence-electron chi connectivity index (χ4n) is 2.18. The van der Waals surface area contributed by atoms with Gasteiger partial charge in [0.1, 0.15) is 5.75 Å². The molecule has 1 amide bonds. The third-order valence-electron chi connectivity index (χ3n) is 3.31. The van der Waals surface area contributed by atoms with Crippen LogP contribution in [0.5, 0.6) is 5.75 Å². The lowest BCUT2D eigenvalue weighted by molar-refractivity contribution is 0.0786. The van der Waals surface area contributed by atoms with Gasteiger partial charge in [0.05, 0.1) is 12.7 Å². The Balaban J connectivity index is 0.00000180. The van der Waals surface area contributed by atoms with E-state index in [1.807, 2.05) is 17.0 Å². The molecule has 0 aromatic heterocycles. The highest BCUT2D eigenvalue weighted by molar-refractivity contribution is 9.10. The molecule has 6 heteroatoms. The van der Waals surface area contributed by atoms with Crippen molar-refractivity contribution in [2.45, 2.75) is 6.42 Å². The molecule has 0 spiro atoms. The van der Waals surface area contributed by atoms with Gasteiger partial charge in [-0.1, -0.05) is 0 Å². The van der Waals surface area contributed by atoms with Gasteiger partial charge in [0.2, 0.25) is 0 Å². The van der Waals surface area contributed by atoms with Crippen molar-refractivity contribution in [1.82, 2.24) is 4.90 Å². The average Bonchev–Trinajstić information content (AvgIpc) is 2.87. The second-order valence-electron chi connectivity index (χ2n) is 4.49. The molecule has 0 bridgehead atoms. The topological polar surface area (TPSA) is 55.6 Å². The van der Waals surface area contributed by atoms with Crippen LogP contribution < -0.4 is 10.5 Å². The van der Waals surface area contributed by atoms with Crippen LogP contribution in [0.25, 0.3) is 0 Å². The van der Waals surface area contributed by atoms with Crippen molar-refractivity contribution in [3.05, 3.63) is 28.2 Å². The number of carbonyl (C=O) groups is 1. The number of benzene rings is 1. The minimum Gasteiger partial charge on any atom is -0.497 e. The standard InChI is InChI=1S/C13H17BrN2O2.ClH/c1-18-10-2-3-12(14)11(6-10)13(17)16-5-4-9(7-15)8-16;/h2-3,6,9H,4-5,7-8,15H2,1H3;1H. The zero-order valence-electron chi connectivity index (χ0n) is 10.8. The summed E-state index contributed by atoms with van der Waals surface area (Å²) in [5.74, 6) is 1.16. The van der Waals surface area contributed by atoms with Crippen LogP contribution in [0.3, 0.4) is 0 Å².